The molecule has 0 amide bonds. The molecule has 0 saturated carbocycles. The second-order valence-electron chi connectivity index (χ2n) is 7.20. The highest BCUT2D eigenvalue weighted by atomic mass is 16.5. The molecule has 1 aliphatic rings. The summed E-state index contributed by atoms with van der Waals surface area (Å²) in [5.41, 5.74) is 3.24. The minimum atomic E-state index is -0.108. The molecule has 7 nitrogen and oxygen atoms in total. The van der Waals surface area contributed by atoms with E-state index in [1.807, 2.05) is 30.3 Å². The van der Waals surface area contributed by atoms with Gasteiger partial charge in [-0.2, -0.15) is 4.68 Å². The van der Waals surface area contributed by atoms with Gasteiger partial charge in [-0.05, 0) is 48.4 Å². The molecule has 0 spiro atoms. The number of rotatable bonds is 6. The predicted octanol–water partition coefficient (Wildman–Crippen LogP) is 3.14. The smallest absolute Gasteiger partial charge is 0.247 e. The van der Waals surface area contributed by atoms with E-state index in [1.165, 1.54) is 11.1 Å². The van der Waals surface area contributed by atoms with Crippen LogP contribution in [0.25, 0.3) is 5.69 Å². The van der Waals surface area contributed by atoms with E-state index >= 15 is 0 Å². The summed E-state index contributed by atoms with van der Waals surface area (Å²) < 4.78 is 13.1. The summed E-state index contributed by atoms with van der Waals surface area (Å²) in [6.07, 6.45) is 1.82. The number of hydrogen-bond donors (Lipinski definition) is 1. The van der Waals surface area contributed by atoms with Crippen LogP contribution >= 0.6 is 0 Å². The number of tetrazole rings is 1. The third-order valence-electron chi connectivity index (χ3n) is 5.43. The Morgan fingerprint density at radius 1 is 1.14 bits per heavy atom. The second-order valence-corrected chi connectivity index (χ2v) is 7.20. The summed E-state index contributed by atoms with van der Waals surface area (Å²) >= 11 is 0. The van der Waals surface area contributed by atoms with Gasteiger partial charge in [-0.1, -0.05) is 41.0 Å². The normalized spacial score (nSPS) is 15.9. The third-order valence-corrected chi connectivity index (χ3v) is 5.43. The number of anilines is 1. The van der Waals surface area contributed by atoms with Crippen molar-refractivity contribution in [3.63, 3.8) is 0 Å². The molecule has 146 valence electrons. The number of ether oxygens (including phenoxy) is 2. The molecule has 0 radical (unpaired) electrons. The van der Waals surface area contributed by atoms with Crippen molar-refractivity contribution in [3.8, 4) is 11.4 Å². The molecule has 1 fully saturated rings. The fraction of sp³-hybridized carbons (Fsp3) is 0.381. The average Bonchev–Trinajstić information content (AvgIpc) is 3.22. The fourth-order valence-corrected chi connectivity index (χ4v) is 3.83. The van der Waals surface area contributed by atoms with Crippen molar-refractivity contribution in [2.45, 2.75) is 25.2 Å². The van der Waals surface area contributed by atoms with Gasteiger partial charge in [0.05, 0.1) is 12.8 Å². The van der Waals surface area contributed by atoms with Crippen molar-refractivity contribution in [1.82, 2.24) is 20.2 Å². The van der Waals surface area contributed by atoms with Gasteiger partial charge in [-0.3, -0.25) is 0 Å². The van der Waals surface area contributed by atoms with E-state index in [2.05, 4.69) is 46.0 Å². The molecule has 0 unspecified atom stereocenters. The second kappa shape index (κ2) is 7.98. The maximum absolute atomic E-state index is 5.69. The first-order valence-corrected chi connectivity index (χ1v) is 9.52. The Bertz CT molecular complexity index is 920. The monoisotopic (exact) mass is 379 g/mol. The topological polar surface area (TPSA) is 74.1 Å². The largest absolute Gasteiger partial charge is 0.496 e. The number of methoxy groups -OCH3 is 1. The minimum Gasteiger partial charge on any atom is -0.496 e. The van der Waals surface area contributed by atoms with E-state index in [1.54, 1.807) is 11.8 Å². The Kier molecular flexibility index (Phi) is 5.25. The first-order valence-electron chi connectivity index (χ1n) is 9.52. The Labute approximate surface area is 164 Å². The molecule has 1 saturated heterocycles. The van der Waals surface area contributed by atoms with E-state index in [0.29, 0.717) is 12.5 Å². The van der Waals surface area contributed by atoms with Gasteiger partial charge in [-0.15, -0.1) is 0 Å². The van der Waals surface area contributed by atoms with Crippen LogP contribution in [-0.2, 0) is 10.2 Å². The molecule has 1 N–H and O–H groups in total. The third kappa shape index (κ3) is 3.57. The Morgan fingerprint density at radius 3 is 2.68 bits per heavy atom. The average molecular weight is 379 g/mol. The summed E-state index contributed by atoms with van der Waals surface area (Å²) in [5.74, 6) is 1.54. The number of aromatic nitrogens is 4. The van der Waals surface area contributed by atoms with E-state index in [9.17, 15) is 0 Å². The summed E-state index contributed by atoms with van der Waals surface area (Å²) in [4.78, 5) is 0. The molecule has 4 rings (SSSR count). The van der Waals surface area contributed by atoms with Crippen LogP contribution in [0.2, 0.25) is 0 Å². The van der Waals surface area contributed by atoms with Crippen LogP contribution in [0, 0.1) is 6.92 Å². The van der Waals surface area contributed by atoms with Crippen LogP contribution in [0.5, 0.6) is 5.75 Å². The zero-order chi connectivity index (χ0) is 19.4. The van der Waals surface area contributed by atoms with Crippen molar-refractivity contribution in [1.29, 1.82) is 0 Å². The van der Waals surface area contributed by atoms with Crippen molar-refractivity contribution >= 4 is 5.95 Å². The van der Waals surface area contributed by atoms with Crippen LogP contribution in [0.3, 0.4) is 0 Å². The van der Waals surface area contributed by atoms with Gasteiger partial charge in [0.2, 0.25) is 5.95 Å². The lowest BCUT2D eigenvalue weighted by molar-refractivity contribution is 0.0535. The highest BCUT2D eigenvalue weighted by Crippen LogP contribution is 2.40. The lowest BCUT2D eigenvalue weighted by Gasteiger charge is -2.38. The van der Waals surface area contributed by atoms with Gasteiger partial charge in [0.25, 0.3) is 0 Å². The fourth-order valence-electron chi connectivity index (χ4n) is 3.83. The predicted molar refractivity (Wildman–Crippen MR) is 107 cm³/mol. The van der Waals surface area contributed by atoms with Crippen molar-refractivity contribution in [2.75, 3.05) is 32.2 Å². The molecule has 0 atom stereocenters. The number of hydrogen-bond acceptors (Lipinski definition) is 6. The number of para-hydroxylation sites is 1. The molecule has 1 aromatic heterocycles. The van der Waals surface area contributed by atoms with E-state index in [4.69, 9.17) is 9.47 Å². The van der Waals surface area contributed by atoms with Crippen molar-refractivity contribution in [2.24, 2.45) is 0 Å². The molecule has 2 aromatic carbocycles. The quantitative estimate of drug-likeness (QED) is 0.709. The van der Waals surface area contributed by atoms with E-state index < -0.39 is 0 Å². The van der Waals surface area contributed by atoms with Crippen LogP contribution in [0.15, 0.2) is 48.5 Å². The van der Waals surface area contributed by atoms with Gasteiger partial charge in [0.15, 0.2) is 0 Å². The number of nitrogens with zero attached hydrogens (tertiary/aromatic N) is 4. The lowest BCUT2D eigenvalue weighted by atomic mass is 9.73. The number of aryl methyl sites for hydroxylation is 1. The van der Waals surface area contributed by atoms with Gasteiger partial charge in [-0.25, -0.2) is 0 Å². The maximum Gasteiger partial charge on any atom is 0.247 e. The van der Waals surface area contributed by atoms with E-state index in [-0.39, 0.29) is 5.41 Å². The minimum absolute atomic E-state index is 0.108. The van der Waals surface area contributed by atoms with Crippen molar-refractivity contribution in [3.05, 3.63) is 59.7 Å². The standard InChI is InChI=1S/C21H25N5O2/c1-16-8-9-19(27-2)18(14-16)21(10-12-28-13-11-21)15-22-20-23-24-25-26(20)17-6-4-3-5-7-17/h3-9,14H,10-13,15H2,1-2H3,(H,22,23,25). The maximum atomic E-state index is 5.69. The van der Waals surface area contributed by atoms with Gasteiger partial charge in [0, 0.05) is 30.7 Å². The molecular formula is C21H25N5O2. The molecule has 28 heavy (non-hydrogen) atoms. The summed E-state index contributed by atoms with van der Waals surface area (Å²) in [5, 5.41) is 15.7. The van der Waals surface area contributed by atoms with Crippen LogP contribution < -0.4 is 10.1 Å². The van der Waals surface area contributed by atoms with Gasteiger partial charge >= 0.3 is 0 Å². The highest BCUT2D eigenvalue weighted by Gasteiger charge is 2.37. The highest BCUT2D eigenvalue weighted by molar-refractivity contribution is 5.45. The molecule has 7 heteroatoms. The number of benzene rings is 2. The molecule has 2 heterocycles. The summed E-state index contributed by atoms with van der Waals surface area (Å²) in [6.45, 7) is 4.26. The SMILES string of the molecule is COc1ccc(C)cc1C1(CNc2nnnn2-c2ccccc2)CCOCC1. The zero-order valence-corrected chi connectivity index (χ0v) is 16.3. The molecule has 3 aromatic rings. The first-order chi connectivity index (χ1) is 13.7. The molecule has 0 aliphatic carbocycles. The summed E-state index contributed by atoms with van der Waals surface area (Å²) in [7, 11) is 1.73. The molecule has 0 bridgehead atoms. The zero-order valence-electron chi connectivity index (χ0n) is 16.3. The van der Waals surface area contributed by atoms with Crippen LogP contribution in [0.1, 0.15) is 24.0 Å². The van der Waals surface area contributed by atoms with Crippen LogP contribution in [0.4, 0.5) is 5.95 Å². The van der Waals surface area contributed by atoms with Gasteiger partial charge < -0.3 is 14.8 Å². The molecular weight excluding hydrogens is 354 g/mol. The summed E-state index contributed by atoms with van der Waals surface area (Å²) in [6, 6.07) is 16.2. The Morgan fingerprint density at radius 2 is 1.93 bits per heavy atom. The van der Waals surface area contributed by atoms with Gasteiger partial charge in [0.1, 0.15) is 5.75 Å². The number of nitrogens with one attached hydrogen (secondary N) is 1. The van der Waals surface area contributed by atoms with Crippen LogP contribution in [-0.4, -0.2) is 47.1 Å². The first kappa shape index (κ1) is 18.4. The Balaban J connectivity index is 1.65. The van der Waals surface area contributed by atoms with E-state index in [0.717, 1.165) is 37.5 Å². The molecule has 1 aliphatic heterocycles. The van der Waals surface area contributed by atoms with Crippen molar-refractivity contribution < 1.29 is 9.47 Å². The Hall–Kier alpha value is -2.93. The lowest BCUT2D eigenvalue weighted by Crippen LogP contribution is -2.40.